The first-order valence-electron chi connectivity index (χ1n) is 4.83. The third-order valence-corrected chi connectivity index (χ3v) is 2.32. The van der Waals surface area contributed by atoms with E-state index in [-0.39, 0.29) is 6.04 Å². The van der Waals surface area contributed by atoms with Crippen LogP contribution in [0.3, 0.4) is 0 Å². The Hall–Kier alpha value is -0.960. The van der Waals surface area contributed by atoms with Crippen LogP contribution in [0.1, 0.15) is 25.3 Å². The molecule has 1 unspecified atom stereocenters. The van der Waals surface area contributed by atoms with Gasteiger partial charge in [0.1, 0.15) is 11.6 Å². The van der Waals surface area contributed by atoms with Crippen LogP contribution >= 0.6 is 0 Å². The highest BCUT2D eigenvalue weighted by Gasteiger charge is 2.05. The van der Waals surface area contributed by atoms with Crippen molar-refractivity contribution in [2.75, 3.05) is 0 Å². The van der Waals surface area contributed by atoms with Crippen LogP contribution in [0.5, 0.6) is 0 Å². The monoisotopic (exact) mass is 199 g/mol. The predicted octanol–water partition coefficient (Wildman–Crippen LogP) is 2.63. The second-order valence-corrected chi connectivity index (χ2v) is 3.44. The normalized spacial score (nSPS) is 12.9. The highest BCUT2D eigenvalue weighted by atomic mass is 19.1. The summed E-state index contributed by atoms with van der Waals surface area (Å²) in [7, 11) is 0. The molecule has 0 aliphatic heterocycles. The Morgan fingerprint density at radius 1 is 1.36 bits per heavy atom. The molecule has 14 heavy (non-hydrogen) atoms. The topological polar surface area (TPSA) is 26.0 Å². The number of nitrogens with two attached hydrogens (primary N) is 1. The number of rotatable bonds is 4. The lowest BCUT2D eigenvalue weighted by Gasteiger charge is -2.08. The van der Waals surface area contributed by atoms with Gasteiger partial charge in [0.15, 0.2) is 0 Å². The molecule has 0 saturated carbocycles. The van der Waals surface area contributed by atoms with E-state index in [0.717, 1.165) is 18.9 Å². The molecule has 0 spiro atoms. The van der Waals surface area contributed by atoms with E-state index in [4.69, 9.17) is 5.73 Å². The first-order chi connectivity index (χ1) is 6.63. The summed E-state index contributed by atoms with van der Waals surface area (Å²) < 4.78 is 25.7. The van der Waals surface area contributed by atoms with Gasteiger partial charge >= 0.3 is 0 Å². The largest absolute Gasteiger partial charge is 0.328 e. The number of benzene rings is 1. The minimum absolute atomic E-state index is 0.0967. The summed E-state index contributed by atoms with van der Waals surface area (Å²) in [6, 6.07) is 3.76. The highest BCUT2D eigenvalue weighted by Crippen LogP contribution is 2.12. The van der Waals surface area contributed by atoms with Crippen molar-refractivity contribution < 1.29 is 8.78 Å². The quantitative estimate of drug-likeness (QED) is 0.792. The van der Waals surface area contributed by atoms with Crippen LogP contribution in [0, 0.1) is 11.6 Å². The molecule has 0 amide bonds. The molecule has 0 radical (unpaired) electrons. The summed E-state index contributed by atoms with van der Waals surface area (Å²) in [6.07, 6.45) is 2.18. The van der Waals surface area contributed by atoms with Crippen molar-refractivity contribution >= 4 is 0 Å². The van der Waals surface area contributed by atoms with Crippen LogP contribution in [0.2, 0.25) is 0 Å². The Kier molecular flexibility index (Phi) is 4.01. The maximum Gasteiger partial charge on any atom is 0.129 e. The lowest BCUT2D eigenvalue weighted by Crippen LogP contribution is -2.19. The zero-order valence-electron chi connectivity index (χ0n) is 8.26. The standard InChI is InChI=1S/C11H15F2N/c1-2-10(14)6-4-8-3-5-9(12)7-11(8)13/h3,5,7,10H,2,4,6,14H2,1H3. The smallest absolute Gasteiger partial charge is 0.129 e. The molecule has 1 aromatic carbocycles. The van der Waals surface area contributed by atoms with Gasteiger partial charge in [0.2, 0.25) is 0 Å². The van der Waals surface area contributed by atoms with Crippen molar-refractivity contribution in [1.82, 2.24) is 0 Å². The Labute approximate surface area is 82.9 Å². The van der Waals surface area contributed by atoms with Crippen molar-refractivity contribution in [2.24, 2.45) is 5.73 Å². The van der Waals surface area contributed by atoms with Gasteiger partial charge in [0.05, 0.1) is 0 Å². The van der Waals surface area contributed by atoms with E-state index in [0.29, 0.717) is 12.0 Å². The van der Waals surface area contributed by atoms with Crippen LogP contribution in [0.15, 0.2) is 18.2 Å². The molecular weight excluding hydrogens is 184 g/mol. The van der Waals surface area contributed by atoms with Gasteiger partial charge in [-0.25, -0.2) is 8.78 Å². The summed E-state index contributed by atoms with van der Waals surface area (Å²) in [4.78, 5) is 0. The summed E-state index contributed by atoms with van der Waals surface area (Å²) in [5, 5.41) is 0. The third-order valence-electron chi connectivity index (χ3n) is 2.32. The minimum atomic E-state index is -0.536. The first kappa shape index (κ1) is 11.1. The van der Waals surface area contributed by atoms with Gasteiger partial charge in [0.25, 0.3) is 0 Å². The van der Waals surface area contributed by atoms with E-state index in [1.165, 1.54) is 12.1 Å². The molecule has 1 nitrogen and oxygen atoms in total. The molecule has 0 fully saturated rings. The summed E-state index contributed by atoms with van der Waals surface area (Å²) >= 11 is 0. The molecule has 0 heterocycles. The maximum absolute atomic E-state index is 13.1. The minimum Gasteiger partial charge on any atom is -0.328 e. The second kappa shape index (κ2) is 5.05. The highest BCUT2D eigenvalue weighted by molar-refractivity contribution is 5.18. The van der Waals surface area contributed by atoms with Gasteiger partial charge in [-0.05, 0) is 30.9 Å². The lowest BCUT2D eigenvalue weighted by molar-refractivity contribution is 0.551. The molecule has 1 atom stereocenters. The van der Waals surface area contributed by atoms with E-state index in [1.807, 2.05) is 6.92 Å². The molecule has 2 N–H and O–H groups in total. The summed E-state index contributed by atoms with van der Waals surface area (Å²) in [5.74, 6) is -1.01. The van der Waals surface area contributed by atoms with E-state index < -0.39 is 11.6 Å². The molecule has 3 heteroatoms. The predicted molar refractivity (Wildman–Crippen MR) is 52.9 cm³/mol. The second-order valence-electron chi connectivity index (χ2n) is 3.44. The van der Waals surface area contributed by atoms with Crippen molar-refractivity contribution in [2.45, 2.75) is 32.2 Å². The zero-order chi connectivity index (χ0) is 10.6. The van der Waals surface area contributed by atoms with Crippen molar-refractivity contribution in [3.8, 4) is 0 Å². The van der Waals surface area contributed by atoms with Crippen LogP contribution in [-0.2, 0) is 6.42 Å². The fourth-order valence-corrected chi connectivity index (χ4v) is 1.27. The maximum atomic E-state index is 13.1. The van der Waals surface area contributed by atoms with Crippen molar-refractivity contribution in [3.63, 3.8) is 0 Å². The Bertz CT molecular complexity index is 299. The molecule has 0 bridgehead atoms. The van der Waals surface area contributed by atoms with E-state index in [9.17, 15) is 8.78 Å². The molecule has 0 aliphatic carbocycles. The SMILES string of the molecule is CCC(N)CCc1ccc(F)cc1F. The molecule has 0 aromatic heterocycles. The van der Waals surface area contributed by atoms with Crippen LogP contribution in [-0.4, -0.2) is 6.04 Å². The molecular formula is C11H15F2N. The molecule has 0 aliphatic rings. The Morgan fingerprint density at radius 3 is 2.64 bits per heavy atom. The van der Waals surface area contributed by atoms with Crippen LogP contribution < -0.4 is 5.73 Å². The first-order valence-corrected chi connectivity index (χ1v) is 4.83. The average molecular weight is 199 g/mol. The van der Waals surface area contributed by atoms with Crippen LogP contribution in [0.4, 0.5) is 8.78 Å². The number of hydrogen-bond acceptors (Lipinski definition) is 1. The summed E-state index contributed by atoms with van der Waals surface area (Å²) in [5.41, 5.74) is 6.24. The molecule has 78 valence electrons. The number of hydrogen-bond donors (Lipinski definition) is 1. The Morgan fingerprint density at radius 2 is 2.07 bits per heavy atom. The van der Waals surface area contributed by atoms with Gasteiger partial charge in [-0.15, -0.1) is 0 Å². The fraction of sp³-hybridized carbons (Fsp3) is 0.455. The van der Waals surface area contributed by atoms with Crippen molar-refractivity contribution in [1.29, 1.82) is 0 Å². The van der Waals surface area contributed by atoms with Gasteiger partial charge in [0, 0.05) is 12.1 Å². The summed E-state index contributed by atoms with van der Waals surface area (Å²) in [6.45, 7) is 1.99. The van der Waals surface area contributed by atoms with Crippen LogP contribution in [0.25, 0.3) is 0 Å². The van der Waals surface area contributed by atoms with Crippen molar-refractivity contribution in [3.05, 3.63) is 35.4 Å². The third kappa shape index (κ3) is 3.07. The molecule has 1 rings (SSSR count). The molecule has 0 saturated heterocycles. The van der Waals surface area contributed by atoms with Gasteiger partial charge in [-0.3, -0.25) is 0 Å². The van der Waals surface area contributed by atoms with E-state index in [1.54, 1.807) is 0 Å². The molecule has 1 aromatic rings. The average Bonchev–Trinajstić information content (AvgIpc) is 2.16. The Balaban J connectivity index is 2.59. The zero-order valence-corrected chi connectivity index (χ0v) is 8.26. The fourth-order valence-electron chi connectivity index (χ4n) is 1.27. The van der Waals surface area contributed by atoms with E-state index >= 15 is 0 Å². The van der Waals surface area contributed by atoms with Gasteiger partial charge in [-0.2, -0.15) is 0 Å². The van der Waals surface area contributed by atoms with Gasteiger partial charge < -0.3 is 5.73 Å². The van der Waals surface area contributed by atoms with E-state index in [2.05, 4.69) is 0 Å². The lowest BCUT2D eigenvalue weighted by atomic mass is 10.0. The number of aryl methyl sites for hydroxylation is 1. The van der Waals surface area contributed by atoms with Gasteiger partial charge in [-0.1, -0.05) is 13.0 Å². The number of halogens is 2.